The Morgan fingerprint density at radius 2 is 2.25 bits per heavy atom. The molecule has 0 aromatic heterocycles. The zero-order valence-electron chi connectivity index (χ0n) is 6.06. The second-order valence-corrected chi connectivity index (χ2v) is 2.72. The minimum atomic E-state index is -2.75. The Morgan fingerprint density at radius 1 is 1.67 bits per heavy atom. The predicted molar refractivity (Wildman–Crippen MR) is 37.2 cm³/mol. The van der Waals surface area contributed by atoms with Crippen molar-refractivity contribution >= 4 is 23.5 Å². The molecule has 0 aromatic carbocycles. The van der Waals surface area contributed by atoms with Gasteiger partial charge in [-0.2, -0.15) is 0 Å². The molecule has 0 spiro atoms. The van der Waals surface area contributed by atoms with Gasteiger partial charge in [0.25, 0.3) is 5.91 Å². The third-order valence-electron chi connectivity index (χ3n) is 1.36. The van der Waals surface area contributed by atoms with Crippen LogP contribution in [0, 0.1) is 0 Å². The Hall–Kier alpha value is -0.880. The number of nitrogens with one attached hydrogen (secondary N) is 2. The lowest BCUT2D eigenvalue weighted by atomic mass is 10.2. The highest BCUT2D eigenvalue weighted by Crippen LogP contribution is 2.24. The maximum absolute atomic E-state index is 13.1. The number of amides is 3. The van der Waals surface area contributed by atoms with Crippen LogP contribution in [0.5, 0.6) is 0 Å². The maximum atomic E-state index is 13.1. The molecule has 0 aliphatic carbocycles. The Labute approximate surface area is 72.2 Å². The number of imide groups is 1. The van der Waals surface area contributed by atoms with Crippen LogP contribution < -0.4 is 10.6 Å². The lowest BCUT2D eigenvalue weighted by Gasteiger charge is -2.30. The van der Waals surface area contributed by atoms with Crippen molar-refractivity contribution in [2.75, 3.05) is 7.11 Å². The van der Waals surface area contributed by atoms with Gasteiger partial charge in [-0.25, -0.2) is 9.18 Å². The topological polar surface area (TPSA) is 67.4 Å². The van der Waals surface area contributed by atoms with Gasteiger partial charge in [0.05, 0.1) is 0 Å². The standard InChI is InChI=1S/C5H6ClFN2O3/c1-12-3-5(6,7)2(10)8-4(11)9-3/h3H,1H3,(H2,8,9,10,11)/t3-,5-/m1/s1. The number of hydrogen-bond donors (Lipinski definition) is 2. The molecule has 0 saturated carbocycles. The SMILES string of the molecule is CO[C@H]1NC(=O)NC(=O)[C@]1(F)Cl. The van der Waals surface area contributed by atoms with Crippen LogP contribution in [-0.4, -0.2) is 30.4 Å². The van der Waals surface area contributed by atoms with Crippen molar-refractivity contribution in [1.29, 1.82) is 0 Å². The number of carbonyl (C=O) groups is 2. The van der Waals surface area contributed by atoms with Crippen molar-refractivity contribution in [1.82, 2.24) is 10.6 Å². The van der Waals surface area contributed by atoms with Crippen molar-refractivity contribution in [3.63, 3.8) is 0 Å². The smallest absolute Gasteiger partial charge is 0.323 e. The van der Waals surface area contributed by atoms with Gasteiger partial charge in [0, 0.05) is 7.11 Å². The Morgan fingerprint density at radius 3 is 2.75 bits per heavy atom. The van der Waals surface area contributed by atoms with E-state index in [1.807, 2.05) is 5.32 Å². The molecule has 12 heavy (non-hydrogen) atoms. The molecule has 2 N–H and O–H groups in total. The molecule has 0 unspecified atom stereocenters. The molecular weight excluding hydrogens is 191 g/mol. The number of alkyl halides is 2. The largest absolute Gasteiger partial charge is 0.356 e. The molecule has 1 aliphatic rings. The predicted octanol–water partition coefficient (Wildman–Crippen LogP) is -0.297. The van der Waals surface area contributed by atoms with Crippen molar-refractivity contribution in [3.8, 4) is 0 Å². The average molecular weight is 197 g/mol. The van der Waals surface area contributed by atoms with Crippen LogP contribution in [0.2, 0.25) is 0 Å². The normalized spacial score (nSPS) is 35.8. The second-order valence-electron chi connectivity index (χ2n) is 2.17. The summed E-state index contributed by atoms with van der Waals surface area (Å²) in [6.07, 6.45) is -1.46. The van der Waals surface area contributed by atoms with Gasteiger partial charge >= 0.3 is 11.2 Å². The third-order valence-corrected chi connectivity index (χ3v) is 1.73. The van der Waals surface area contributed by atoms with Crippen molar-refractivity contribution < 1.29 is 18.7 Å². The summed E-state index contributed by atoms with van der Waals surface area (Å²) in [4.78, 5) is 21.3. The molecule has 7 heteroatoms. The van der Waals surface area contributed by atoms with Crippen molar-refractivity contribution in [2.24, 2.45) is 0 Å². The highest BCUT2D eigenvalue weighted by Gasteiger charge is 2.50. The fourth-order valence-corrected chi connectivity index (χ4v) is 0.949. The van der Waals surface area contributed by atoms with Gasteiger partial charge in [-0.05, 0) is 0 Å². The van der Waals surface area contributed by atoms with Gasteiger partial charge in [-0.15, -0.1) is 0 Å². The molecule has 0 aromatic rings. The zero-order valence-corrected chi connectivity index (χ0v) is 6.81. The molecule has 0 bridgehead atoms. The molecule has 1 saturated heterocycles. The van der Waals surface area contributed by atoms with Gasteiger partial charge in [0.15, 0.2) is 6.23 Å². The van der Waals surface area contributed by atoms with Crippen LogP contribution in [0.3, 0.4) is 0 Å². The summed E-state index contributed by atoms with van der Waals surface area (Å²) < 4.78 is 17.6. The average Bonchev–Trinajstić information content (AvgIpc) is 1.97. The van der Waals surface area contributed by atoms with Gasteiger partial charge in [0.2, 0.25) is 0 Å². The number of ether oxygens (including phenoxy) is 1. The van der Waals surface area contributed by atoms with Gasteiger partial charge in [-0.1, -0.05) is 11.6 Å². The van der Waals surface area contributed by atoms with Crippen LogP contribution in [0.1, 0.15) is 0 Å². The van der Waals surface area contributed by atoms with Gasteiger partial charge < -0.3 is 10.1 Å². The van der Waals surface area contributed by atoms with E-state index in [-0.39, 0.29) is 0 Å². The van der Waals surface area contributed by atoms with Crippen molar-refractivity contribution in [3.05, 3.63) is 0 Å². The van der Waals surface area contributed by atoms with Gasteiger partial charge in [0.1, 0.15) is 0 Å². The fraction of sp³-hybridized carbons (Fsp3) is 0.600. The summed E-state index contributed by atoms with van der Waals surface area (Å²) in [7, 11) is 1.13. The first-order valence-electron chi connectivity index (χ1n) is 3.01. The Kier molecular flexibility index (Phi) is 2.20. The molecule has 3 amide bonds. The number of hydrogen-bond acceptors (Lipinski definition) is 3. The number of halogens is 2. The highest BCUT2D eigenvalue weighted by atomic mass is 35.5. The van der Waals surface area contributed by atoms with E-state index < -0.39 is 23.3 Å². The van der Waals surface area contributed by atoms with Crippen LogP contribution >= 0.6 is 11.6 Å². The van der Waals surface area contributed by atoms with E-state index in [2.05, 4.69) is 4.74 Å². The number of carbonyl (C=O) groups excluding carboxylic acids is 2. The molecule has 1 aliphatic heterocycles. The Balaban J connectivity index is 2.85. The molecular formula is C5H6ClFN2O3. The first-order chi connectivity index (χ1) is 5.48. The van der Waals surface area contributed by atoms with Crippen LogP contribution in [-0.2, 0) is 9.53 Å². The Bertz CT molecular complexity index is 233. The summed E-state index contributed by atoms with van der Waals surface area (Å²) in [5.74, 6) is -1.22. The third kappa shape index (κ3) is 1.35. The summed E-state index contributed by atoms with van der Waals surface area (Å²) in [6.45, 7) is 0. The molecule has 5 nitrogen and oxygen atoms in total. The highest BCUT2D eigenvalue weighted by molar-refractivity contribution is 6.35. The number of urea groups is 1. The summed E-state index contributed by atoms with van der Waals surface area (Å²) in [6, 6.07) is -0.833. The lowest BCUT2D eigenvalue weighted by Crippen LogP contribution is -2.65. The van der Waals surface area contributed by atoms with E-state index >= 15 is 0 Å². The van der Waals surface area contributed by atoms with Crippen LogP contribution in [0.4, 0.5) is 9.18 Å². The fourth-order valence-electron chi connectivity index (χ4n) is 0.758. The van der Waals surface area contributed by atoms with Crippen LogP contribution in [0.15, 0.2) is 0 Å². The first-order valence-corrected chi connectivity index (χ1v) is 3.39. The summed E-state index contributed by atoms with van der Waals surface area (Å²) >= 11 is 5.14. The summed E-state index contributed by atoms with van der Waals surface area (Å²) in [5.41, 5.74) is 0. The van der Waals surface area contributed by atoms with E-state index in [9.17, 15) is 14.0 Å². The van der Waals surface area contributed by atoms with E-state index in [1.165, 1.54) is 0 Å². The second kappa shape index (κ2) is 2.87. The van der Waals surface area contributed by atoms with E-state index in [0.29, 0.717) is 0 Å². The van der Waals surface area contributed by atoms with E-state index in [4.69, 9.17) is 11.6 Å². The lowest BCUT2D eigenvalue weighted by molar-refractivity contribution is -0.137. The molecule has 1 heterocycles. The van der Waals surface area contributed by atoms with Crippen LogP contribution in [0.25, 0.3) is 0 Å². The molecule has 0 radical (unpaired) electrons. The quantitative estimate of drug-likeness (QED) is 0.566. The minimum absolute atomic E-state index is 0.833. The van der Waals surface area contributed by atoms with Crippen molar-refractivity contribution in [2.45, 2.75) is 11.4 Å². The molecule has 2 atom stereocenters. The van der Waals surface area contributed by atoms with Gasteiger partial charge in [-0.3, -0.25) is 10.1 Å². The number of rotatable bonds is 1. The maximum Gasteiger partial charge on any atom is 0.323 e. The molecule has 1 fully saturated rings. The molecule has 68 valence electrons. The van der Waals surface area contributed by atoms with E-state index in [0.717, 1.165) is 7.11 Å². The summed E-state index contributed by atoms with van der Waals surface area (Å²) in [5, 5.41) is 0.897. The van der Waals surface area contributed by atoms with E-state index in [1.54, 1.807) is 5.32 Å². The number of methoxy groups -OCH3 is 1. The minimum Gasteiger partial charge on any atom is -0.356 e. The zero-order chi connectivity index (χ0) is 9.35. The first kappa shape index (κ1) is 9.21. The molecule has 1 rings (SSSR count). The monoisotopic (exact) mass is 196 g/mol.